The van der Waals surface area contributed by atoms with Crippen LogP contribution in [0.2, 0.25) is 0 Å². The number of carbonyl (C=O) groups excluding carboxylic acids is 1. The summed E-state index contributed by atoms with van der Waals surface area (Å²) in [6.45, 7) is 2.04. The number of carbonyl (C=O) groups is 1. The van der Waals surface area contributed by atoms with Crippen LogP contribution in [0.3, 0.4) is 0 Å². The fraction of sp³-hybridized carbons (Fsp3) is 0.318. The molecule has 28 heavy (non-hydrogen) atoms. The Labute approximate surface area is 165 Å². The van der Waals surface area contributed by atoms with Crippen molar-refractivity contribution in [1.82, 2.24) is 0 Å². The number of rotatable bonds is 5. The lowest BCUT2D eigenvalue weighted by atomic mass is 9.90. The number of nitrogens with zero attached hydrogens (tertiary/aromatic N) is 1. The lowest BCUT2D eigenvalue weighted by Gasteiger charge is -2.25. The van der Waals surface area contributed by atoms with Gasteiger partial charge in [-0.3, -0.25) is 0 Å². The highest BCUT2D eigenvalue weighted by Crippen LogP contribution is 2.47. The zero-order chi connectivity index (χ0) is 20.4. The SMILES string of the molecule is COc1cc2c(c(OC)c1OC)COC(=O)/C2=C(\C)c1ccc(N(C)C)cc1. The van der Waals surface area contributed by atoms with Crippen LogP contribution in [0, 0.1) is 0 Å². The van der Waals surface area contributed by atoms with E-state index in [4.69, 9.17) is 18.9 Å². The molecule has 6 nitrogen and oxygen atoms in total. The number of hydrogen-bond donors (Lipinski definition) is 0. The number of cyclic esters (lactones) is 1. The summed E-state index contributed by atoms with van der Waals surface area (Å²) < 4.78 is 21.9. The summed E-state index contributed by atoms with van der Waals surface area (Å²) in [4.78, 5) is 14.7. The van der Waals surface area contributed by atoms with Gasteiger partial charge in [-0.1, -0.05) is 12.1 Å². The molecule has 1 heterocycles. The zero-order valence-corrected chi connectivity index (χ0v) is 17.1. The molecule has 6 heteroatoms. The quantitative estimate of drug-likeness (QED) is 0.579. The van der Waals surface area contributed by atoms with E-state index >= 15 is 0 Å². The minimum atomic E-state index is -0.365. The molecule has 0 radical (unpaired) electrons. The largest absolute Gasteiger partial charge is 0.493 e. The predicted octanol–water partition coefficient (Wildman–Crippen LogP) is 3.77. The van der Waals surface area contributed by atoms with Crippen molar-refractivity contribution < 1.29 is 23.7 Å². The van der Waals surface area contributed by atoms with Gasteiger partial charge < -0.3 is 23.8 Å². The number of allylic oxidation sites excluding steroid dienone is 1. The van der Waals surface area contributed by atoms with Crippen molar-refractivity contribution in [2.24, 2.45) is 0 Å². The molecule has 1 aliphatic heterocycles. The Balaban J connectivity index is 2.23. The van der Waals surface area contributed by atoms with Crippen molar-refractivity contribution in [2.75, 3.05) is 40.3 Å². The molecule has 0 saturated carbocycles. The second-order valence-corrected chi connectivity index (χ2v) is 6.69. The Morgan fingerprint density at radius 1 is 1.00 bits per heavy atom. The lowest BCUT2D eigenvalue weighted by molar-refractivity contribution is -0.138. The third-order valence-electron chi connectivity index (χ3n) is 4.95. The van der Waals surface area contributed by atoms with Gasteiger partial charge in [-0.25, -0.2) is 4.79 Å². The van der Waals surface area contributed by atoms with E-state index in [9.17, 15) is 4.79 Å². The van der Waals surface area contributed by atoms with Gasteiger partial charge in [-0.15, -0.1) is 0 Å². The average Bonchev–Trinajstić information content (AvgIpc) is 2.71. The molecule has 148 valence electrons. The highest BCUT2D eigenvalue weighted by molar-refractivity contribution is 6.25. The summed E-state index contributed by atoms with van der Waals surface area (Å²) in [6.07, 6.45) is 0. The van der Waals surface area contributed by atoms with E-state index in [1.165, 1.54) is 0 Å². The number of esters is 1. The molecule has 3 rings (SSSR count). The number of benzene rings is 2. The van der Waals surface area contributed by atoms with Gasteiger partial charge in [0, 0.05) is 30.9 Å². The van der Waals surface area contributed by atoms with Crippen molar-refractivity contribution in [3.05, 3.63) is 47.0 Å². The zero-order valence-electron chi connectivity index (χ0n) is 17.1. The van der Waals surface area contributed by atoms with Crippen molar-refractivity contribution in [2.45, 2.75) is 13.5 Å². The minimum Gasteiger partial charge on any atom is -0.493 e. The molecule has 2 aromatic rings. The summed E-state index contributed by atoms with van der Waals surface area (Å²) in [7, 11) is 8.64. The standard InChI is InChI=1S/C22H25NO5/c1-13(14-7-9-15(10-8-14)23(2)3)19-16-11-18(25-4)21(27-6)20(26-5)17(16)12-28-22(19)24/h7-11H,12H2,1-6H3/b19-13+. The number of ether oxygens (including phenoxy) is 4. The summed E-state index contributed by atoms with van der Waals surface area (Å²) in [5.41, 5.74) is 4.85. The fourth-order valence-corrected chi connectivity index (χ4v) is 3.41. The molecule has 2 aromatic carbocycles. The Kier molecular flexibility index (Phi) is 5.49. The topological polar surface area (TPSA) is 57.2 Å². The molecule has 0 spiro atoms. The van der Waals surface area contributed by atoms with Gasteiger partial charge in [0.25, 0.3) is 0 Å². The molecule has 0 fully saturated rings. The Morgan fingerprint density at radius 3 is 2.18 bits per heavy atom. The maximum Gasteiger partial charge on any atom is 0.339 e. The van der Waals surface area contributed by atoms with Crippen LogP contribution in [0.5, 0.6) is 17.2 Å². The van der Waals surface area contributed by atoms with E-state index in [-0.39, 0.29) is 12.6 Å². The van der Waals surface area contributed by atoms with Gasteiger partial charge in [0.1, 0.15) is 6.61 Å². The fourth-order valence-electron chi connectivity index (χ4n) is 3.41. The van der Waals surface area contributed by atoms with Crippen LogP contribution in [0.1, 0.15) is 23.6 Å². The number of methoxy groups -OCH3 is 3. The first-order valence-corrected chi connectivity index (χ1v) is 8.90. The summed E-state index contributed by atoms with van der Waals surface area (Å²) in [5, 5.41) is 0. The van der Waals surface area contributed by atoms with Crippen molar-refractivity contribution in [3.63, 3.8) is 0 Å². The molecule has 0 aromatic heterocycles. The summed E-state index contributed by atoms with van der Waals surface area (Å²) >= 11 is 0. The van der Waals surface area contributed by atoms with Crippen molar-refractivity contribution >= 4 is 22.8 Å². The molecule has 0 bridgehead atoms. The van der Waals surface area contributed by atoms with Gasteiger partial charge in [0.15, 0.2) is 11.5 Å². The van der Waals surface area contributed by atoms with E-state index in [0.717, 1.165) is 28.0 Å². The van der Waals surface area contributed by atoms with Crippen LogP contribution in [0.15, 0.2) is 30.3 Å². The van der Waals surface area contributed by atoms with Crippen LogP contribution >= 0.6 is 0 Å². The number of hydrogen-bond acceptors (Lipinski definition) is 6. The Hall–Kier alpha value is -3.15. The molecular weight excluding hydrogens is 358 g/mol. The highest BCUT2D eigenvalue weighted by atomic mass is 16.5. The van der Waals surface area contributed by atoms with Crippen LogP contribution < -0.4 is 19.1 Å². The highest BCUT2D eigenvalue weighted by Gasteiger charge is 2.31. The van der Waals surface area contributed by atoms with E-state index in [1.807, 2.05) is 56.3 Å². The first-order valence-electron chi connectivity index (χ1n) is 8.90. The molecule has 0 amide bonds. The maximum absolute atomic E-state index is 12.7. The molecule has 0 atom stereocenters. The average molecular weight is 383 g/mol. The van der Waals surface area contributed by atoms with Crippen LogP contribution in [-0.2, 0) is 16.1 Å². The molecular formula is C22H25NO5. The van der Waals surface area contributed by atoms with Gasteiger partial charge in [-0.2, -0.15) is 0 Å². The van der Waals surface area contributed by atoms with Crippen LogP contribution in [0.25, 0.3) is 11.1 Å². The second kappa shape index (κ2) is 7.84. The monoisotopic (exact) mass is 383 g/mol. The van der Waals surface area contributed by atoms with E-state index < -0.39 is 0 Å². The second-order valence-electron chi connectivity index (χ2n) is 6.69. The van der Waals surface area contributed by atoms with E-state index in [2.05, 4.69) is 0 Å². The lowest BCUT2D eigenvalue weighted by Crippen LogP contribution is -2.18. The third kappa shape index (κ3) is 3.26. The smallest absolute Gasteiger partial charge is 0.339 e. The number of fused-ring (bicyclic) bond motifs is 1. The first kappa shape index (κ1) is 19.6. The van der Waals surface area contributed by atoms with Gasteiger partial charge in [-0.05, 0) is 36.3 Å². The number of anilines is 1. The maximum atomic E-state index is 12.7. The molecule has 1 aliphatic rings. The first-order chi connectivity index (χ1) is 13.4. The predicted molar refractivity (Wildman–Crippen MR) is 109 cm³/mol. The van der Waals surface area contributed by atoms with Crippen molar-refractivity contribution in [1.29, 1.82) is 0 Å². The Bertz CT molecular complexity index is 929. The summed E-state index contributed by atoms with van der Waals surface area (Å²) in [6, 6.07) is 9.84. The third-order valence-corrected chi connectivity index (χ3v) is 4.95. The minimum absolute atomic E-state index is 0.119. The van der Waals surface area contributed by atoms with Crippen LogP contribution in [0.4, 0.5) is 5.69 Å². The van der Waals surface area contributed by atoms with E-state index in [1.54, 1.807) is 21.3 Å². The van der Waals surface area contributed by atoms with Crippen LogP contribution in [-0.4, -0.2) is 41.4 Å². The molecule has 0 N–H and O–H groups in total. The molecule has 0 unspecified atom stereocenters. The van der Waals surface area contributed by atoms with Gasteiger partial charge in [0.2, 0.25) is 5.75 Å². The van der Waals surface area contributed by atoms with Gasteiger partial charge >= 0.3 is 5.97 Å². The normalized spacial score (nSPS) is 14.7. The molecule has 0 aliphatic carbocycles. The molecule has 0 saturated heterocycles. The summed E-state index contributed by atoms with van der Waals surface area (Å²) in [5.74, 6) is 1.13. The van der Waals surface area contributed by atoms with Gasteiger partial charge in [0.05, 0.1) is 26.9 Å². The van der Waals surface area contributed by atoms with Crippen molar-refractivity contribution in [3.8, 4) is 17.2 Å². The Morgan fingerprint density at radius 2 is 1.64 bits per heavy atom. The van der Waals surface area contributed by atoms with E-state index in [0.29, 0.717) is 22.8 Å².